The molecule has 3 atom stereocenters. The van der Waals surface area contributed by atoms with E-state index in [1.165, 1.54) is 4.90 Å². The van der Waals surface area contributed by atoms with E-state index in [4.69, 9.17) is 18.9 Å². The number of ether oxygens (including phenoxy) is 4. The lowest BCUT2D eigenvalue weighted by molar-refractivity contribution is -0.0107. The van der Waals surface area contributed by atoms with Gasteiger partial charge in [-0.3, -0.25) is 4.90 Å². The number of methoxy groups -OCH3 is 1. The van der Waals surface area contributed by atoms with Crippen molar-refractivity contribution < 1.29 is 36.6 Å². The van der Waals surface area contributed by atoms with Gasteiger partial charge in [0.15, 0.2) is 0 Å². The van der Waals surface area contributed by atoms with Gasteiger partial charge in [0.05, 0.1) is 44.8 Å². The van der Waals surface area contributed by atoms with Crippen LogP contribution in [0, 0.1) is 0 Å². The molecule has 1 aliphatic carbocycles. The Morgan fingerprint density at radius 3 is 2.66 bits per heavy atom. The molecule has 1 saturated heterocycles. The number of alkyl halides is 1. The highest BCUT2D eigenvalue weighted by atomic mass is 32.2. The molecule has 3 aliphatic heterocycles. The van der Waals surface area contributed by atoms with Crippen LogP contribution in [0.3, 0.4) is 0 Å². The van der Waals surface area contributed by atoms with Crippen LogP contribution >= 0.6 is 0 Å². The first-order valence-electron chi connectivity index (χ1n) is 12.1. The second kappa shape index (κ2) is 11.3. The van der Waals surface area contributed by atoms with Crippen LogP contribution in [0.2, 0.25) is 0 Å². The molecule has 3 unspecified atom stereocenters. The fourth-order valence-electron chi connectivity index (χ4n) is 5.19. The molecule has 35 heavy (non-hydrogen) atoms. The molecule has 1 saturated carbocycles. The van der Waals surface area contributed by atoms with E-state index in [-0.39, 0.29) is 31.3 Å². The highest BCUT2D eigenvalue weighted by Crippen LogP contribution is 2.36. The smallest absolute Gasteiger partial charge is 0.410 e. The molecule has 1 amide bonds. The fourth-order valence-corrected chi connectivity index (χ4v) is 5.97. The van der Waals surface area contributed by atoms with Crippen molar-refractivity contribution in [3.05, 3.63) is 17.8 Å². The lowest BCUT2D eigenvalue weighted by atomic mass is 9.85. The first-order valence-corrected chi connectivity index (χ1v) is 13.8. The van der Waals surface area contributed by atoms with E-state index in [1.54, 1.807) is 13.2 Å². The molecule has 196 valence electrons. The predicted molar refractivity (Wildman–Crippen MR) is 125 cm³/mol. The van der Waals surface area contributed by atoms with E-state index >= 15 is 0 Å². The summed E-state index contributed by atoms with van der Waals surface area (Å²) in [5.41, 5.74) is 0.921. The van der Waals surface area contributed by atoms with Crippen molar-refractivity contribution in [1.29, 1.82) is 0 Å². The second-order valence-corrected chi connectivity index (χ2v) is 11.1. The Balaban J connectivity index is 1.53. The van der Waals surface area contributed by atoms with Crippen molar-refractivity contribution in [1.82, 2.24) is 14.6 Å². The number of carbonyl (C=O) groups is 1. The third-order valence-electron chi connectivity index (χ3n) is 6.97. The Hall–Kier alpha value is -2.18. The van der Waals surface area contributed by atoms with Crippen molar-refractivity contribution in [2.75, 3.05) is 32.9 Å². The van der Waals surface area contributed by atoms with E-state index in [1.807, 2.05) is 13.0 Å². The topological polar surface area (TPSA) is 116 Å². The molecule has 10 nitrogen and oxygen atoms in total. The van der Waals surface area contributed by atoms with Gasteiger partial charge in [0, 0.05) is 36.6 Å². The molecule has 5 rings (SSSR count). The molecule has 4 heterocycles. The Morgan fingerprint density at radius 2 is 1.94 bits per heavy atom. The Labute approximate surface area is 205 Å². The third-order valence-corrected chi connectivity index (χ3v) is 7.92. The van der Waals surface area contributed by atoms with Crippen LogP contribution in [0.1, 0.15) is 57.1 Å². The number of carbonyl (C=O) groups excluding carboxylic acids is 1. The van der Waals surface area contributed by atoms with Crippen LogP contribution in [-0.2, 0) is 19.5 Å². The number of amides is 1. The van der Waals surface area contributed by atoms with Crippen molar-refractivity contribution in [2.45, 2.75) is 75.6 Å². The lowest BCUT2D eigenvalue weighted by Crippen LogP contribution is -2.50. The molecular formula is C23H34FN3O7S. The minimum absolute atomic E-state index is 0.0320. The summed E-state index contributed by atoms with van der Waals surface area (Å²) in [6, 6.07) is 0.624. The number of aromatic nitrogens is 1. The van der Waals surface area contributed by atoms with Gasteiger partial charge in [-0.05, 0) is 39.0 Å². The number of hydrogen-bond donors (Lipinski definition) is 1. The van der Waals surface area contributed by atoms with Gasteiger partial charge in [0.25, 0.3) is 0 Å². The first kappa shape index (κ1) is 25.9. The molecule has 1 N–H and O–H groups in total. The lowest BCUT2D eigenvalue weighted by Gasteiger charge is -2.33. The number of fused-ring (bicyclic) bond motifs is 8. The summed E-state index contributed by atoms with van der Waals surface area (Å²) in [4.78, 5) is 19.1. The van der Waals surface area contributed by atoms with Gasteiger partial charge in [-0.1, -0.05) is 0 Å². The average Bonchev–Trinajstić information content (AvgIpc) is 3.15. The van der Waals surface area contributed by atoms with Crippen molar-refractivity contribution in [2.24, 2.45) is 0 Å². The van der Waals surface area contributed by atoms with Crippen molar-refractivity contribution in [3.63, 3.8) is 0 Å². The van der Waals surface area contributed by atoms with Crippen LogP contribution in [0.25, 0.3) is 0 Å². The SMILES string of the molecule is COc1cc2nc(c1)C1CCC(CC1)OCC1C(NS(=O)(=O)CF)CC(C)N1C(=O)OCCCO2. The maximum atomic E-state index is 13.0. The standard InChI is InChI=1S/C23H34FN3O7S/c1-15-10-20(26-35(29,30)14-24)21-13-34-17-6-4-16(5-7-17)19-11-18(31-2)12-22(25-19)32-8-3-9-33-23(28)27(15)21/h11-12,15-17,20-21,26H,3-10,13-14H2,1-2H3. The van der Waals surface area contributed by atoms with Gasteiger partial charge >= 0.3 is 6.09 Å². The minimum Gasteiger partial charge on any atom is -0.496 e. The summed E-state index contributed by atoms with van der Waals surface area (Å²) >= 11 is 0. The fraction of sp³-hybridized carbons (Fsp3) is 0.739. The van der Waals surface area contributed by atoms with Crippen LogP contribution in [0.4, 0.5) is 9.18 Å². The summed E-state index contributed by atoms with van der Waals surface area (Å²) in [6.07, 6.45) is 3.55. The molecule has 1 aromatic rings. The summed E-state index contributed by atoms with van der Waals surface area (Å²) in [6.45, 7) is 2.39. The molecule has 2 fully saturated rings. The number of rotatable bonds is 4. The van der Waals surface area contributed by atoms with Crippen LogP contribution in [0.5, 0.6) is 11.6 Å². The van der Waals surface area contributed by atoms with Crippen molar-refractivity contribution in [3.8, 4) is 11.6 Å². The monoisotopic (exact) mass is 515 g/mol. The summed E-state index contributed by atoms with van der Waals surface area (Å²) in [7, 11) is -2.49. The first-order chi connectivity index (χ1) is 16.8. The molecule has 0 spiro atoms. The maximum Gasteiger partial charge on any atom is 0.410 e. The normalized spacial score (nSPS) is 30.2. The van der Waals surface area contributed by atoms with Crippen LogP contribution in [0.15, 0.2) is 12.1 Å². The molecule has 12 heteroatoms. The number of nitrogens with zero attached hydrogens (tertiary/aromatic N) is 2. The number of sulfonamides is 1. The van der Waals surface area contributed by atoms with Gasteiger partial charge in [-0.15, -0.1) is 0 Å². The van der Waals surface area contributed by atoms with E-state index in [9.17, 15) is 17.6 Å². The zero-order valence-corrected chi connectivity index (χ0v) is 21.0. The summed E-state index contributed by atoms with van der Waals surface area (Å²) in [5.74, 6) is 1.41. The van der Waals surface area contributed by atoms with Crippen LogP contribution < -0.4 is 14.2 Å². The van der Waals surface area contributed by atoms with Gasteiger partial charge in [0.2, 0.25) is 21.9 Å². The molecule has 1 aromatic heterocycles. The molecule has 0 radical (unpaired) electrons. The van der Waals surface area contributed by atoms with Gasteiger partial charge in [-0.2, -0.15) is 0 Å². The summed E-state index contributed by atoms with van der Waals surface area (Å²) in [5, 5.41) is 0. The molecule has 4 aliphatic rings. The minimum atomic E-state index is -4.10. The van der Waals surface area contributed by atoms with E-state index < -0.39 is 34.2 Å². The quantitative estimate of drug-likeness (QED) is 0.651. The maximum absolute atomic E-state index is 13.0. The number of hydrogen-bond acceptors (Lipinski definition) is 8. The zero-order valence-electron chi connectivity index (χ0n) is 20.2. The van der Waals surface area contributed by atoms with E-state index in [0.717, 1.165) is 31.4 Å². The Kier molecular flexibility index (Phi) is 8.33. The van der Waals surface area contributed by atoms with E-state index in [2.05, 4.69) is 9.71 Å². The number of nitrogens with one attached hydrogen (secondary N) is 1. The average molecular weight is 516 g/mol. The Morgan fingerprint density at radius 1 is 1.20 bits per heavy atom. The van der Waals surface area contributed by atoms with Gasteiger partial charge in [-0.25, -0.2) is 27.3 Å². The number of halogens is 1. The third kappa shape index (κ3) is 6.34. The van der Waals surface area contributed by atoms with Crippen molar-refractivity contribution >= 4 is 16.1 Å². The second-order valence-electron chi connectivity index (χ2n) is 9.40. The summed E-state index contributed by atoms with van der Waals surface area (Å²) < 4.78 is 62.2. The van der Waals surface area contributed by atoms with Crippen LogP contribution in [-0.4, -0.2) is 81.6 Å². The highest BCUT2D eigenvalue weighted by molar-refractivity contribution is 7.89. The number of pyridine rings is 1. The zero-order chi connectivity index (χ0) is 25.0. The van der Waals surface area contributed by atoms with Gasteiger partial charge in [0.1, 0.15) is 5.75 Å². The molecule has 4 bridgehead atoms. The molecule has 0 aromatic carbocycles. The van der Waals surface area contributed by atoms with Gasteiger partial charge < -0.3 is 18.9 Å². The highest BCUT2D eigenvalue weighted by Gasteiger charge is 2.44. The largest absolute Gasteiger partial charge is 0.496 e. The molecular weight excluding hydrogens is 481 g/mol. The predicted octanol–water partition coefficient (Wildman–Crippen LogP) is 2.73. The van der Waals surface area contributed by atoms with E-state index in [0.29, 0.717) is 31.1 Å². The Bertz CT molecular complexity index is 987.